The summed E-state index contributed by atoms with van der Waals surface area (Å²) in [5.74, 6) is 0. The summed E-state index contributed by atoms with van der Waals surface area (Å²) in [4.78, 5) is 0. The predicted octanol–water partition coefficient (Wildman–Crippen LogP) is 4.64. The van der Waals surface area contributed by atoms with Crippen LogP contribution < -0.4 is 5.32 Å². The van der Waals surface area contributed by atoms with Crippen molar-refractivity contribution in [1.82, 2.24) is 15.1 Å². The molecule has 0 saturated carbocycles. The second-order valence-corrected chi connectivity index (χ2v) is 6.69. The quantitative estimate of drug-likeness (QED) is 0.665. The van der Waals surface area contributed by atoms with E-state index in [1.807, 2.05) is 23.0 Å². The number of halogens is 2. The van der Waals surface area contributed by atoms with E-state index < -0.39 is 0 Å². The third-order valence-electron chi connectivity index (χ3n) is 3.31. The molecule has 21 heavy (non-hydrogen) atoms. The SMILES string of the molecule is CCCNC(c1cnn(CCC)c1)c1cc(Cl)ccc1I. The zero-order valence-corrected chi connectivity index (χ0v) is 15.4. The van der Waals surface area contributed by atoms with E-state index in [9.17, 15) is 0 Å². The molecule has 0 aliphatic rings. The van der Waals surface area contributed by atoms with Crippen LogP contribution in [0.15, 0.2) is 30.6 Å². The third kappa shape index (κ3) is 4.44. The van der Waals surface area contributed by atoms with Crippen LogP contribution in [0.1, 0.15) is 43.9 Å². The Kier molecular flexibility index (Phi) is 6.51. The lowest BCUT2D eigenvalue weighted by atomic mass is 10.0. The molecule has 0 aliphatic heterocycles. The molecule has 5 heteroatoms. The zero-order chi connectivity index (χ0) is 15.2. The molecule has 1 unspecified atom stereocenters. The summed E-state index contributed by atoms with van der Waals surface area (Å²) in [5.41, 5.74) is 2.41. The molecule has 0 saturated heterocycles. The van der Waals surface area contributed by atoms with Crippen LogP contribution in [0.5, 0.6) is 0 Å². The minimum Gasteiger partial charge on any atom is -0.306 e. The van der Waals surface area contributed by atoms with Gasteiger partial charge in [0.05, 0.1) is 12.2 Å². The van der Waals surface area contributed by atoms with E-state index in [0.29, 0.717) is 0 Å². The fourth-order valence-electron chi connectivity index (χ4n) is 2.31. The highest BCUT2D eigenvalue weighted by atomic mass is 127. The number of nitrogens with one attached hydrogen (secondary N) is 1. The number of benzene rings is 1. The molecule has 2 aromatic rings. The average molecular weight is 418 g/mol. The molecule has 1 aromatic carbocycles. The Morgan fingerprint density at radius 1 is 1.33 bits per heavy atom. The molecule has 0 bridgehead atoms. The van der Waals surface area contributed by atoms with Gasteiger partial charge in [-0.05, 0) is 65.7 Å². The lowest BCUT2D eigenvalue weighted by molar-refractivity contribution is 0.587. The Balaban J connectivity index is 2.34. The third-order valence-corrected chi connectivity index (χ3v) is 4.52. The van der Waals surface area contributed by atoms with Crippen molar-refractivity contribution in [2.45, 2.75) is 39.3 Å². The van der Waals surface area contributed by atoms with Gasteiger partial charge < -0.3 is 5.32 Å². The van der Waals surface area contributed by atoms with E-state index in [0.717, 1.165) is 31.0 Å². The van der Waals surface area contributed by atoms with Crippen molar-refractivity contribution >= 4 is 34.2 Å². The van der Waals surface area contributed by atoms with E-state index in [1.165, 1.54) is 14.7 Å². The summed E-state index contributed by atoms with van der Waals surface area (Å²) in [7, 11) is 0. The largest absolute Gasteiger partial charge is 0.306 e. The van der Waals surface area contributed by atoms with E-state index in [4.69, 9.17) is 11.6 Å². The van der Waals surface area contributed by atoms with Crippen LogP contribution in [0, 0.1) is 3.57 Å². The Morgan fingerprint density at radius 2 is 2.14 bits per heavy atom. The number of aromatic nitrogens is 2. The van der Waals surface area contributed by atoms with Gasteiger partial charge >= 0.3 is 0 Å². The molecule has 1 atom stereocenters. The van der Waals surface area contributed by atoms with Crippen LogP contribution in [0.4, 0.5) is 0 Å². The lowest BCUT2D eigenvalue weighted by Gasteiger charge is -2.19. The molecule has 2 rings (SSSR count). The van der Waals surface area contributed by atoms with Crippen molar-refractivity contribution in [3.05, 3.63) is 50.3 Å². The van der Waals surface area contributed by atoms with Gasteiger partial charge in [0.1, 0.15) is 0 Å². The molecule has 1 N–H and O–H groups in total. The minimum atomic E-state index is 0.140. The summed E-state index contributed by atoms with van der Waals surface area (Å²) in [6, 6.07) is 6.19. The van der Waals surface area contributed by atoms with Crippen molar-refractivity contribution in [3.8, 4) is 0 Å². The second-order valence-electron chi connectivity index (χ2n) is 5.09. The van der Waals surface area contributed by atoms with Crippen molar-refractivity contribution in [2.24, 2.45) is 0 Å². The van der Waals surface area contributed by atoms with Crippen molar-refractivity contribution in [1.29, 1.82) is 0 Å². The molecule has 0 aliphatic carbocycles. The van der Waals surface area contributed by atoms with Gasteiger partial charge in [0.15, 0.2) is 0 Å². The van der Waals surface area contributed by atoms with E-state index in [2.05, 4.69) is 59.1 Å². The highest BCUT2D eigenvalue weighted by molar-refractivity contribution is 14.1. The molecule has 0 amide bonds. The Labute approximate surface area is 145 Å². The molecule has 0 radical (unpaired) electrons. The van der Waals surface area contributed by atoms with Crippen molar-refractivity contribution in [3.63, 3.8) is 0 Å². The van der Waals surface area contributed by atoms with Gasteiger partial charge in [-0.1, -0.05) is 25.4 Å². The Hall–Kier alpha value is -0.590. The minimum absolute atomic E-state index is 0.140. The maximum atomic E-state index is 6.19. The van der Waals surface area contributed by atoms with Crippen molar-refractivity contribution < 1.29 is 0 Å². The van der Waals surface area contributed by atoms with Crippen LogP contribution in [-0.4, -0.2) is 16.3 Å². The number of hydrogen-bond acceptors (Lipinski definition) is 2. The van der Waals surface area contributed by atoms with Gasteiger partial charge in [0, 0.05) is 26.9 Å². The van der Waals surface area contributed by atoms with Gasteiger partial charge in [-0.2, -0.15) is 5.10 Å². The van der Waals surface area contributed by atoms with E-state index >= 15 is 0 Å². The molecule has 0 fully saturated rings. The molecule has 1 aromatic heterocycles. The monoisotopic (exact) mass is 417 g/mol. The summed E-state index contributed by atoms with van der Waals surface area (Å²) in [6.07, 6.45) is 6.27. The normalized spacial score (nSPS) is 12.6. The first kappa shape index (κ1) is 16.8. The van der Waals surface area contributed by atoms with Crippen LogP contribution in [0.25, 0.3) is 0 Å². The van der Waals surface area contributed by atoms with E-state index in [1.54, 1.807) is 0 Å². The summed E-state index contributed by atoms with van der Waals surface area (Å²) < 4.78 is 3.22. The molecular weight excluding hydrogens is 397 g/mol. The number of rotatable bonds is 7. The first-order valence-corrected chi connectivity index (χ1v) is 8.82. The fraction of sp³-hybridized carbons (Fsp3) is 0.438. The first-order valence-electron chi connectivity index (χ1n) is 7.36. The van der Waals surface area contributed by atoms with Gasteiger partial charge in [0.2, 0.25) is 0 Å². The highest BCUT2D eigenvalue weighted by Gasteiger charge is 2.18. The summed E-state index contributed by atoms with van der Waals surface area (Å²) in [5, 5.41) is 8.84. The maximum Gasteiger partial charge on any atom is 0.0618 e. The molecule has 0 spiro atoms. The van der Waals surface area contributed by atoms with E-state index in [-0.39, 0.29) is 6.04 Å². The lowest BCUT2D eigenvalue weighted by Crippen LogP contribution is -2.23. The maximum absolute atomic E-state index is 6.19. The first-order chi connectivity index (χ1) is 10.2. The topological polar surface area (TPSA) is 29.9 Å². The predicted molar refractivity (Wildman–Crippen MR) is 96.8 cm³/mol. The number of aryl methyl sites for hydroxylation is 1. The molecule has 1 heterocycles. The standard InChI is InChI=1S/C16H21ClIN3/c1-3-7-19-16(12-10-20-21(11-12)8-4-2)14-9-13(17)5-6-15(14)18/h5-6,9-11,16,19H,3-4,7-8H2,1-2H3. The highest BCUT2D eigenvalue weighted by Crippen LogP contribution is 2.28. The average Bonchev–Trinajstić information content (AvgIpc) is 2.92. The Bertz CT molecular complexity index is 583. The van der Waals surface area contributed by atoms with Crippen molar-refractivity contribution in [2.75, 3.05) is 6.54 Å². The summed E-state index contributed by atoms with van der Waals surface area (Å²) >= 11 is 8.55. The smallest absolute Gasteiger partial charge is 0.0618 e. The summed E-state index contributed by atoms with van der Waals surface area (Å²) in [6.45, 7) is 6.25. The van der Waals surface area contributed by atoms with Gasteiger partial charge in [-0.3, -0.25) is 4.68 Å². The Morgan fingerprint density at radius 3 is 2.86 bits per heavy atom. The van der Waals surface area contributed by atoms with Crippen LogP contribution >= 0.6 is 34.2 Å². The number of nitrogens with zero attached hydrogens (tertiary/aromatic N) is 2. The molecule has 3 nitrogen and oxygen atoms in total. The van der Waals surface area contributed by atoms with Crippen LogP contribution in [0.2, 0.25) is 5.02 Å². The zero-order valence-electron chi connectivity index (χ0n) is 12.4. The fourth-order valence-corrected chi connectivity index (χ4v) is 3.14. The van der Waals surface area contributed by atoms with Gasteiger partial charge in [0.25, 0.3) is 0 Å². The second kappa shape index (κ2) is 8.15. The molecule has 114 valence electrons. The molecular formula is C16H21ClIN3. The van der Waals surface area contributed by atoms with Crippen LogP contribution in [-0.2, 0) is 6.54 Å². The van der Waals surface area contributed by atoms with Gasteiger partial charge in [-0.25, -0.2) is 0 Å². The number of hydrogen-bond donors (Lipinski definition) is 1. The van der Waals surface area contributed by atoms with Gasteiger partial charge in [-0.15, -0.1) is 0 Å². The van der Waals surface area contributed by atoms with Crippen LogP contribution in [0.3, 0.4) is 0 Å².